The van der Waals surface area contributed by atoms with Crippen molar-refractivity contribution in [2.75, 3.05) is 38.6 Å². The summed E-state index contributed by atoms with van der Waals surface area (Å²) in [5.74, 6) is 2.87. The van der Waals surface area contributed by atoms with E-state index >= 15 is 0 Å². The topological polar surface area (TPSA) is 78.1 Å². The van der Waals surface area contributed by atoms with Gasteiger partial charge in [-0.05, 0) is 60.9 Å². The number of para-hydroxylation sites is 2. The number of nitrogens with one attached hydrogen (secondary N) is 2. The third kappa shape index (κ3) is 4.88. The maximum absolute atomic E-state index is 14.0. The van der Waals surface area contributed by atoms with Gasteiger partial charge in [-0.15, -0.1) is 0 Å². The minimum atomic E-state index is -0.351. The number of anilines is 2. The SMILES string of the molecule is CCCOc1ccc(C2Nc3ccccc3NC3=C2C(=O)CC(c2cc(OC)ccc2OC)C3)cc1OC. The number of hydrogen-bond donors (Lipinski definition) is 2. The number of methoxy groups -OCH3 is 3. The molecule has 0 saturated heterocycles. The Balaban J connectivity index is 1.59. The average molecular weight is 515 g/mol. The molecule has 198 valence electrons. The summed E-state index contributed by atoms with van der Waals surface area (Å²) in [6.45, 7) is 2.68. The molecular formula is C31H34N2O5. The molecule has 0 spiro atoms. The van der Waals surface area contributed by atoms with Gasteiger partial charge in [-0.3, -0.25) is 4.79 Å². The molecule has 2 N–H and O–H groups in total. The number of benzene rings is 3. The van der Waals surface area contributed by atoms with Crippen LogP contribution in [-0.4, -0.2) is 33.7 Å². The molecule has 0 fully saturated rings. The minimum absolute atomic E-state index is 0.0518. The lowest BCUT2D eigenvalue weighted by molar-refractivity contribution is -0.116. The van der Waals surface area contributed by atoms with Crippen molar-refractivity contribution in [2.45, 2.75) is 38.1 Å². The predicted octanol–water partition coefficient (Wildman–Crippen LogP) is 6.48. The van der Waals surface area contributed by atoms with E-state index < -0.39 is 0 Å². The van der Waals surface area contributed by atoms with Crippen LogP contribution in [0, 0.1) is 0 Å². The van der Waals surface area contributed by atoms with Gasteiger partial charge in [0.25, 0.3) is 0 Å². The van der Waals surface area contributed by atoms with E-state index in [1.165, 1.54) is 0 Å². The third-order valence-electron chi connectivity index (χ3n) is 7.17. The Bertz CT molecular complexity index is 1370. The lowest BCUT2D eigenvalue weighted by atomic mass is 9.78. The van der Waals surface area contributed by atoms with E-state index in [0.717, 1.165) is 51.7 Å². The number of carbonyl (C=O) groups excluding carboxylic acids is 1. The number of fused-ring (bicyclic) bond motifs is 1. The summed E-state index contributed by atoms with van der Waals surface area (Å²) in [6.07, 6.45) is 1.93. The van der Waals surface area contributed by atoms with Crippen LogP contribution in [0.1, 0.15) is 49.3 Å². The Kier molecular flexibility index (Phi) is 7.45. The van der Waals surface area contributed by atoms with Gasteiger partial charge in [0.15, 0.2) is 17.3 Å². The molecule has 0 bridgehead atoms. The van der Waals surface area contributed by atoms with Crippen molar-refractivity contribution in [2.24, 2.45) is 0 Å². The first kappa shape index (κ1) is 25.5. The van der Waals surface area contributed by atoms with Gasteiger partial charge in [0.1, 0.15) is 11.5 Å². The van der Waals surface area contributed by atoms with Crippen molar-refractivity contribution in [3.63, 3.8) is 0 Å². The summed E-state index contributed by atoms with van der Waals surface area (Å²) >= 11 is 0. The van der Waals surface area contributed by atoms with E-state index in [1.54, 1.807) is 21.3 Å². The predicted molar refractivity (Wildman–Crippen MR) is 149 cm³/mol. The van der Waals surface area contributed by atoms with Crippen LogP contribution < -0.4 is 29.6 Å². The molecule has 1 heterocycles. The van der Waals surface area contributed by atoms with Crippen LogP contribution in [0.5, 0.6) is 23.0 Å². The second kappa shape index (κ2) is 11.1. The first-order valence-corrected chi connectivity index (χ1v) is 13.0. The van der Waals surface area contributed by atoms with Crippen LogP contribution in [0.2, 0.25) is 0 Å². The molecule has 2 unspecified atom stereocenters. The first-order chi connectivity index (χ1) is 18.6. The van der Waals surface area contributed by atoms with Gasteiger partial charge in [0.05, 0.1) is 45.4 Å². The molecule has 0 amide bonds. The summed E-state index contributed by atoms with van der Waals surface area (Å²) in [5, 5.41) is 7.23. The third-order valence-corrected chi connectivity index (χ3v) is 7.17. The van der Waals surface area contributed by atoms with E-state index in [9.17, 15) is 4.79 Å². The van der Waals surface area contributed by atoms with Crippen molar-refractivity contribution in [1.29, 1.82) is 0 Å². The molecule has 38 heavy (non-hydrogen) atoms. The maximum atomic E-state index is 14.0. The Morgan fingerprint density at radius 2 is 1.61 bits per heavy atom. The van der Waals surface area contributed by atoms with E-state index in [1.807, 2.05) is 60.7 Å². The highest BCUT2D eigenvalue weighted by molar-refractivity contribution is 6.01. The molecule has 3 aromatic carbocycles. The molecule has 1 aliphatic carbocycles. The number of allylic oxidation sites excluding steroid dienone is 1. The van der Waals surface area contributed by atoms with Crippen LogP contribution in [0.15, 0.2) is 71.9 Å². The number of hydrogen-bond acceptors (Lipinski definition) is 7. The van der Waals surface area contributed by atoms with Gasteiger partial charge in [0.2, 0.25) is 0 Å². The zero-order valence-corrected chi connectivity index (χ0v) is 22.3. The molecule has 1 aliphatic heterocycles. The van der Waals surface area contributed by atoms with E-state index in [0.29, 0.717) is 30.9 Å². The van der Waals surface area contributed by atoms with Gasteiger partial charge in [-0.1, -0.05) is 25.1 Å². The quantitative estimate of drug-likeness (QED) is 0.356. The standard InChI is InChI=1S/C31H34N2O5/c1-5-14-38-28-12-10-19(17-29(28)37-4)31-30-25(32-23-8-6-7-9-24(23)33-31)15-20(16-26(30)34)22-18-21(35-2)11-13-27(22)36-3/h6-13,17-18,20,31-33H,5,14-16H2,1-4H3. The van der Waals surface area contributed by atoms with Gasteiger partial charge in [-0.2, -0.15) is 0 Å². The number of ketones is 1. The van der Waals surface area contributed by atoms with Crippen molar-refractivity contribution in [1.82, 2.24) is 0 Å². The van der Waals surface area contributed by atoms with Crippen LogP contribution in [0.25, 0.3) is 0 Å². The molecule has 7 heteroatoms. The normalized spacial score (nSPS) is 18.4. The second-order valence-electron chi connectivity index (χ2n) is 9.54. The summed E-state index contributed by atoms with van der Waals surface area (Å²) in [4.78, 5) is 14.0. The molecule has 7 nitrogen and oxygen atoms in total. The van der Waals surface area contributed by atoms with Crippen LogP contribution in [-0.2, 0) is 4.79 Å². The zero-order chi connectivity index (χ0) is 26.6. The highest BCUT2D eigenvalue weighted by atomic mass is 16.5. The van der Waals surface area contributed by atoms with Gasteiger partial charge < -0.3 is 29.6 Å². The molecule has 2 aliphatic rings. The van der Waals surface area contributed by atoms with E-state index in [-0.39, 0.29) is 17.7 Å². The van der Waals surface area contributed by atoms with Gasteiger partial charge in [0, 0.05) is 29.2 Å². The molecule has 5 rings (SSSR count). The Hall–Kier alpha value is -4.13. The highest BCUT2D eigenvalue weighted by Crippen LogP contribution is 2.47. The molecule has 0 saturated carbocycles. The van der Waals surface area contributed by atoms with Crippen LogP contribution in [0.4, 0.5) is 11.4 Å². The largest absolute Gasteiger partial charge is 0.497 e. The fourth-order valence-corrected chi connectivity index (χ4v) is 5.32. The molecule has 0 radical (unpaired) electrons. The first-order valence-electron chi connectivity index (χ1n) is 13.0. The number of rotatable bonds is 8. The van der Waals surface area contributed by atoms with Gasteiger partial charge in [-0.25, -0.2) is 0 Å². The van der Waals surface area contributed by atoms with Crippen molar-refractivity contribution >= 4 is 17.2 Å². The van der Waals surface area contributed by atoms with Crippen LogP contribution in [0.3, 0.4) is 0 Å². The minimum Gasteiger partial charge on any atom is -0.497 e. The fraction of sp³-hybridized carbons (Fsp3) is 0.323. The average Bonchev–Trinajstić information content (AvgIpc) is 3.12. The van der Waals surface area contributed by atoms with Gasteiger partial charge >= 0.3 is 0 Å². The molecule has 0 aromatic heterocycles. The Morgan fingerprint density at radius 3 is 2.34 bits per heavy atom. The smallest absolute Gasteiger partial charge is 0.163 e. The maximum Gasteiger partial charge on any atom is 0.163 e. The van der Waals surface area contributed by atoms with Crippen molar-refractivity contribution in [3.05, 3.63) is 83.1 Å². The number of ether oxygens (including phenoxy) is 4. The Morgan fingerprint density at radius 1 is 0.842 bits per heavy atom. The summed E-state index contributed by atoms with van der Waals surface area (Å²) in [5.41, 5.74) is 5.41. The molecular weight excluding hydrogens is 480 g/mol. The number of carbonyl (C=O) groups is 1. The number of Topliss-reactive ketones (excluding diaryl/α,β-unsaturated/α-hetero) is 1. The highest BCUT2D eigenvalue weighted by Gasteiger charge is 2.37. The zero-order valence-electron chi connectivity index (χ0n) is 22.3. The van der Waals surface area contributed by atoms with Crippen molar-refractivity contribution in [3.8, 4) is 23.0 Å². The lowest BCUT2D eigenvalue weighted by Crippen LogP contribution is -2.27. The van der Waals surface area contributed by atoms with Crippen molar-refractivity contribution < 1.29 is 23.7 Å². The molecule has 2 atom stereocenters. The summed E-state index contributed by atoms with van der Waals surface area (Å²) < 4.78 is 22.7. The summed E-state index contributed by atoms with van der Waals surface area (Å²) in [6, 6.07) is 19.3. The van der Waals surface area contributed by atoms with Crippen LogP contribution >= 0.6 is 0 Å². The Labute approximate surface area is 223 Å². The lowest BCUT2D eigenvalue weighted by Gasteiger charge is -2.30. The fourth-order valence-electron chi connectivity index (χ4n) is 5.32. The summed E-state index contributed by atoms with van der Waals surface area (Å²) in [7, 11) is 4.94. The van der Waals surface area contributed by atoms with E-state index in [2.05, 4.69) is 17.6 Å². The second-order valence-corrected chi connectivity index (χ2v) is 9.54. The molecule has 3 aromatic rings. The van der Waals surface area contributed by atoms with E-state index in [4.69, 9.17) is 18.9 Å². The monoisotopic (exact) mass is 514 g/mol.